The molecule has 0 saturated heterocycles. The van der Waals surface area contributed by atoms with E-state index in [9.17, 15) is 14.0 Å². The summed E-state index contributed by atoms with van der Waals surface area (Å²) in [6.45, 7) is 0.598. The Labute approximate surface area is 185 Å². The maximum atomic E-state index is 13.2. The number of nitrogens with zero attached hydrogens (tertiary/aromatic N) is 1. The molecule has 1 aliphatic rings. The van der Waals surface area contributed by atoms with Crippen molar-refractivity contribution in [2.45, 2.75) is 19.5 Å². The van der Waals surface area contributed by atoms with Crippen LogP contribution >= 0.6 is 0 Å². The Balaban J connectivity index is 1.45. The van der Waals surface area contributed by atoms with Gasteiger partial charge in [0.05, 0.1) is 13.5 Å². The Bertz CT molecular complexity index is 1110. The van der Waals surface area contributed by atoms with E-state index in [1.165, 1.54) is 12.1 Å². The lowest BCUT2D eigenvalue weighted by Gasteiger charge is -2.20. The van der Waals surface area contributed by atoms with Crippen LogP contribution in [0.15, 0.2) is 66.7 Å². The van der Waals surface area contributed by atoms with E-state index in [1.54, 1.807) is 36.3 Å². The van der Waals surface area contributed by atoms with E-state index >= 15 is 0 Å². The van der Waals surface area contributed by atoms with Gasteiger partial charge in [-0.15, -0.1) is 0 Å². The molecule has 2 amide bonds. The van der Waals surface area contributed by atoms with Crippen molar-refractivity contribution in [2.75, 3.05) is 19.0 Å². The van der Waals surface area contributed by atoms with Crippen molar-refractivity contribution in [1.29, 1.82) is 0 Å². The Kier molecular flexibility index (Phi) is 6.35. The van der Waals surface area contributed by atoms with E-state index in [0.717, 1.165) is 22.4 Å². The standard InChI is InChI=1S/C25H23FN2O4/c1-31-22-9-4-17(5-10-22)12-24(29)27-21-8-11-23-19(13-21)15-28(25(30)16-32-23)14-18-2-6-20(26)7-3-18/h2-11,13H,12,14-16H2,1H3,(H,27,29). The SMILES string of the molecule is COc1ccc(CC(=O)Nc2ccc3c(c2)CN(Cc2ccc(F)cc2)C(=O)CO3)cc1. The number of benzene rings is 3. The molecule has 0 fully saturated rings. The largest absolute Gasteiger partial charge is 0.497 e. The van der Waals surface area contributed by atoms with E-state index in [-0.39, 0.29) is 30.7 Å². The van der Waals surface area contributed by atoms with Crippen LogP contribution in [0.25, 0.3) is 0 Å². The highest BCUT2D eigenvalue weighted by atomic mass is 19.1. The minimum atomic E-state index is -0.320. The van der Waals surface area contributed by atoms with Crippen LogP contribution in [0.4, 0.5) is 10.1 Å². The van der Waals surface area contributed by atoms with E-state index in [4.69, 9.17) is 9.47 Å². The number of hydrogen-bond acceptors (Lipinski definition) is 4. The number of amides is 2. The third-order valence-corrected chi connectivity index (χ3v) is 5.22. The smallest absolute Gasteiger partial charge is 0.261 e. The number of ether oxygens (including phenoxy) is 2. The summed E-state index contributed by atoms with van der Waals surface area (Å²) in [5.41, 5.74) is 3.12. The average Bonchev–Trinajstić information content (AvgIpc) is 2.94. The normalized spacial score (nSPS) is 13.1. The number of hydrogen-bond donors (Lipinski definition) is 1. The first-order valence-corrected chi connectivity index (χ1v) is 10.2. The molecule has 1 N–H and O–H groups in total. The lowest BCUT2D eigenvalue weighted by molar-refractivity contribution is -0.133. The second kappa shape index (κ2) is 9.51. The van der Waals surface area contributed by atoms with Crippen LogP contribution in [0.1, 0.15) is 16.7 Å². The summed E-state index contributed by atoms with van der Waals surface area (Å²) in [6, 6.07) is 18.7. The fraction of sp³-hybridized carbons (Fsp3) is 0.200. The molecule has 6 nitrogen and oxygen atoms in total. The number of carbonyl (C=O) groups is 2. The first-order valence-electron chi connectivity index (χ1n) is 10.2. The minimum absolute atomic E-state index is 0.0721. The number of carbonyl (C=O) groups excluding carboxylic acids is 2. The Hall–Kier alpha value is -3.87. The van der Waals surface area contributed by atoms with Crippen LogP contribution in [0.5, 0.6) is 11.5 Å². The van der Waals surface area contributed by atoms with Crippen LogP contribution < -0.4 is 14.8 Å². The van der Waals surface area contributed by atoms with Crippen molar-refractivity contribution >= 4 is 17.5 Å². The fourth-order valence-electron chi connectivity index (χ4n) is 3.53. The average molecular weight is 434 g/mol. The van der Waals surface area contributed by atoms with Crippen molar-refractivity contribution in [1.82, 2.24) is 4.90 Å². The van der Waals surface area contributed by atoms with Gasteiger partial charge in [-0.25, -0.2) is 4.39 Å². The molecule has 164 valence electrons. The molecule has 32 heavy (non-hydrogen) atoms. The molecule has 1 aliphatic heterocycles. The molecule has 3 aromatic rings. The molecule has 0 bridgehead atoms. The second-order valence-corrected chi connectivity index (χ2v) is 7.56. The first-order chi connectivity index (χ1) is 15.5. The Morgan fingerprint density at radius 3 is 2.50 bits per heavy atom. The van der Waals surface area contributed by atoms with Gasteiger partial charge in [0.1, 0.15) is 17.3 Å². The van der Waals surface area contributed by atoms with Gasteiger partial charge in [-0.05, 0) is 53.6 Å². The third kappa shape index (κ3) is 5.24. The summed E-state index contributed by atoms with van der Waals surface area (Å²) in [7, 11) is 1.60. The number of methoxy groups -OCH3 is 1. The molecule has 0 atom stereocenters. The first kappa shape index (κ1) is 21.4. The van der Waals surface area contributed by atoms with Crippen LogP contribution in [0.3, 0.4) is 0 Å². The summed E-state index contributed by atoms with van der Waals surface area (Å²) in [5, 5.41) is 2.90. The molecular weight excluding hydrogens is 411 g/mol. The third-order valence-electron chi connectivity index (χ3n) is 5.22. The van der Waals surface area contributed by atoms with Crippen molar-refractivity contribution in [3.05, 3.63) is 89.2 Å². The Morgan fingerprint density at radius 1 is 1.06 bits per heavy atom. The second-order valence-electron chi connectivity index (χ2n) is 7.56. The zero-order chi connectivity index (χ0) is 22.5. The predicted molar refractivity (Wildman–Crippen MR) is 118 cm³/mol. The Morgan fingerprint density at radius 2 is 1.78 bits per heavy atom. The van der Waals surface area contributed by atoms with Crippen molar-refractivity contribution in [3.8, 4) is 11.5 Å². The molecule has 0 spiro atoms. The summed E-state index contributed by atoms with van der Waals surface area (Å²) in [6.07, 6.45) is 0.229. The van der Waals surface area contributed by atoms with E-state index in [1.807, 2.05) is 30.3 Å². The van der Waals surface area contributed by atoms with E-state index in [2.05, 4.69) is 5.32 Å². The number of nitrogens with one attached hydrogen (secondary N) is 1. The topological polar surface area (TPSA) is 67.9 Å². The minimum Gasteiger partial charge on any atom is -0.497 e. The van der Waals surface area contributed by atoms with Gasteiger partial charge in [-0.1, -0.05) is 24.3 Å². The van der Waals surface area contributed by atoms with Crippen molar-refractivity contribution in [3.63, 3.8) is 0 Å². The lowest BCUT2D eigenvalue weighted by atomic mass is 10.1. The van der Waals surface area contributed by atoms with Gasteiger partial charge in [0, 0.05) is 24.3 Å². The quantitative estimate of drug-likeness (QED) is 0.638. The van der Waals surface area contributed by atoms with Crippen LogP contribution in [-0.4, -0.2) is 30.4 Å². The molecule has 0 aromatic heterocycles. The van der Waals surface area contributed by atoms with E-state index in [0.29, 0.717) is 24.5 Å². The van der Waals surface area contributed by atoms with Gasteiger partial charge in [0.2, 0.25) is 5.91 Å². The monoisotopic (exact) mass is 434 g/mol. The maximum absolute atomic E-state index is 13.2. The van der Waals surface area contributed by atoms with Crippen LogP contribution in [0.2, 0.25) is 0 Å². The number of fused-ring (bicyclic) bond motifs is 1. The summed E-state index contributed by atoms with van der Waals surface area (Å²) < 4.78 is 24.0. The van der Waals surface area contributed by atoms with Gasteiger partial charge in [-0.3, -0.25) is 9.59 Å². The van der Waals surface area contributed by atoms with Gasteiger partial charge in [0.25, 0.3) is 5.91 Å². The molecule has 0 unspecified atom stereocenters. The van der Waals surface area contributed by atoms with E-state index < -0.39 is 0 Å². The highest BCUT2D eigenvalue weighted by Crippen LogP contribution is 2.28. The molecule has 1 heterocycles. The summed E-state index contributed by atoms with van der Waals surface area (Å²) in [5.74, 6) is 0.715. The number of rotatable bonds is 6. The molecular formula is C25H23FN2O4. The van der Waals surface area contributed by atoms with Gasteiger partial charge in [0.15, 0.2) is 6.61 Å². The molecule has 0 aliphatic carbocycles. The van der Waals surface area contributed by atoms with Gasteiger partial charge in [-0.2, -0.15) is 0 Å². The lowest BCUT2D eigenvalue weighted by Crippen LogP contribution is -2.31. The number of anilines is 1. The zero-order valence-corrected chi connectivity index (χ0v) is 17.6. The predicted octanol–water partition coefficient (Wildman–Crippen LogP) is 3.94. The van der Waals surface area contributed by atoms with Gasteiger partial charge < -0.3 is 19.7 Å². The van der Waals surface area contributed by atoms with Crippen LogP contribution in [0, 0.1) is 5.82 Å². The molecule has 7 heteroatoms. The molecule has 0 radical (unpaired) electrons. The molecule has 4 rings (SSSR count). The van der Waals surface area contributed by atoms with Crippen molar-refractivity contribution < 1.29 is 23.5 Å². The summed E-state index contributed by atoms with van der Waals surface area (Å²) >= 11 is 0. The van der Waals surface area contributed by atoms with Crippen molar-refractivity contribution in [2.24, 2.45) is 0 Å². The van der Waals surface area contributed by atoms with Crippen LogP contribution in [-0.2, 0) is 29.1 Å². The maximum Gasteiger partial charge on any atom is 0.261 e. The highest BCUT2D eigenvalue weighted by molar-refractivity contribution is 5.92. The molecule has 0 saturated carbocycles. The van der Waals surface area contributed by atoms with Gasteiger partial charge >= 0.3 is 0 Å². The fourth-order valence-corrected chi connectivity index (χ4v) is 3.53. The number of halogens is 1. The molecule has 3 aromatic carbocycles. The zero-order valence-electron chi connectivity index (χ0n) is 17.6. The summed E-state index contributed by atoms with van der Waals surface area (Å²) in [4.78, 5) is 26.7. The highest BCUT2D eigenvalue weighted by Gasteiger charge is 2.22.